The lowest BCUT2D eigenvalue weighted by molar-refractivity contribution is -0.123. The monoisotopic (exact) mass is 244 g/mol. The van der Waals surface area contributed by atoms with Gasteiger partial charge in [-0.25, -0.2) is 0 Å². The van der Waals surface area contributed by atoms with Gasteiger partial charge < -0.3 is 4.90 Å². The van der Waals surface area contributed by atoms with E-state index in [1.165, 1.54) is 6.08 Å². The zero-order chi connectivity index (χ0) is 13.0. The van der Waals surface area contributed by atoms with Crippen LogP contribution in [0.1, 0.15) is 19.8 Å². The molecule has 0 fully saturated rings. The molecule has 0 saturated carbocycles. The van der Waals surface area contributed by atoms with Crippen molar-refractivity contribution in [3.63, 3.8) is 0 Å². The number of hydrogen-bond donors (Lipinski definition) is 1. The van der Waals surface area contributed by atoms with Crippen LogP contribution in [0.15, 0.2) is 42.1 Å². The SMILES string of the molecule is CCCCN(C1=CC(=O)NC1=O)c1ccccc1. The van der Waals surface area contributed by atoms with E-state index in [0.29, 0.717) is 5.70 Å². The fourth-order valence-electron chi connectivity index (χ4n) is 1.92. The van der Waals surface area contributed by atoms with Crippen LogP contribution < -0.4 is 10.2 Å². The Morgan fingerprint density at radius 3 is 2.44 bits per heavy atom. The number of anilines is 1. The Bertz CT molecular complexity index is 480. The van der Waals surface area contributed by atoms with Gasteiger partial charge in [0.2, 0.25) is 0 Å². The highest BCUT2D eigenvalue weighted by atomic mass is 16.2. The van der Waals surface area contributed by atoms with Crippen LogP contribution in [-0.4, -0.2) is 18.4 Å². The molecule has 1 aliphatic rings. The number of carbonyl (C=O) groups is 2. The number of unbranched alkanes of at least 4 members (excludes halogenated alkanes) is 1. The molecule has 0 aromatic heterocycles. The Morgan fingerprint density at radius 1 is 1.17 bits per heavy atom. The number of para-hydroxylation sites is 1. The standard InChI is InChI=1S/C14H16N2O2/c1-2-3-9-16(11-7-5-4-6-8-11)12-10-13(17)15-14(12)18/h4-8,10H,2-3,9H2,1H3,(H,15,17,18). The third-order valence-electron chi connectivity index (χ3n) is 2.83. The van der Waals surface area contributed by atoms with Crippen LogP contribution in [0, 0.1) is 0 Å². The molecular weight excluding hydrogens is 228 g/mol. The predicted octanol–water partition coefficient (Wildman–Crippen LogP) is 1.83. The van der Waals surface area contributed by atoms with Crippen molar-refractivity contribution in [1.29, 1.82) is 0 Å². The van der Waals surface area contributed by atoms with E-state index < -0.39 is 0 Å². The molecule has 94 valence electrons. The summed E-state index contributed by atoms with van der Waals surface area (Å²) in [7, 11) is 0. The van der Waals surface area contributed by atoms with Gasteiger partial charge in [0.1, 0.15) is 5.70 Å². The van der Waals surface area contributed by atoms with E-state index >= 15 is 0 Å². The van der Waals surface area contributed by atoms with Crippen molar-refractivity contribution >= 4 is 17.5 Å². The molecule has 1 heterocycles. The molecule has 4 nitrogen and oxygen atoms in total. The molecule has 0 atom stereocenters. The average Bonchev–Trinajstić information content (AvgIpc) is 2.70. The summed E-state index contributed by atoms with van der Waals surface area (Å²) < 4.78 is 0. The topological polar surface area (TPSA) is 49.4 Å². The van der Waals surface area contributed by atoms with Crippen molar-refractivity contribution in [3.8, 4) is 0 Å². The van der Waals surface area contributed by atoms with Gasteiger partial charge in [0.15, 0.2) is 0 Å². The number of hydrogen-bond acceptors (Lipinski definition) is 3. The summed E-state index contributed by atoms with van der Waals surface area (Å²) in [6, 6.07) is 9.64. The van der Waals surface area contributed by atoms with Crippen LogP contribution >= 0.6 is 0 Å². The van der Waals surface area contributed by atoms with Crippen LogP contribution in [0.4, 0.5) is 5.69 Å². The van der Waals surface area contributed by atoms with Gasteiger partial charge in [-0.3, -0.25) is 14.9 Å². The summed E-state index contributed by atoms with van der Waals surface area (Å²) in [5.41, 5.74) is 1.36. The third kappa shape index (κ3) is 2.59. The molecule has 1 aliphatic heterocycles. The van der Waals surface area contributed by atoms with Gasteiger partial charge in [0.05, 0.1) is 0 Å². The van der Waals surface area contributed by atoms with E-state index in [1.54, 1.807) is 0 Å². The van der Waals surface area contributed by atoms with E-state index in [-0.39, 0.29) is 11.8 Å². The van der Waals surface area contributed by atoms with Gasteiger partial charge in [0.25, 0.3) is 11.8 Å². The number of rotatable bonds is 5. The molecule has 1 N–H and O–H groups in total. The molecule has 2 rings (SSSR count). The maximum absolute atomic E-state index is 11.7. The minimum Gasteiger partial charge on any atom is -0.337 e. The number of amides is 2. The number of nitrogens with zero attached hydrogens (tertiary/aromatic N) is 1. The van der Waals surface area contributed by atoms with Crippen molar-refractivity contribution in [2.24, 2.45) is 0 Å². The van der Waals surface area contributed by atoms with Gasteiger partial charge in [-0.05, 0) is 18.6 Å². The minimum absolute atomic E-state index is 0.319. The maximum atomic E-state index is 11.7. The Morgan fingerprint density at radius 2 is 1.89 bits per heavy atom. The van der Waals surface area contributed by atoms with Gasteiger partial charge in [-0.2, -0.15) is 0 Å². The smallest absolute Gasteiger partial charge is 0.274 e. The molecule has 1 aromatic rings. The van der Waals surface area contributed by atoms with Gasteiger partial charge in [-0.15, -0.1) is 0 Å². The second-order valence-electron chi connectivity index (χ2n) is 4.19. The molecule has 0 spiro atoms. The first-order valence-corrected chi connectivity index (χ1v) is 6.12. The zero-order valence-corrected chi connectivity index (χ0v) is 10.3. The highest BCUT2D eigenvalue weighted by molar-refractivity contribution is 6.17. The Labute approximate surface area is 106 Å². The molecule has 0 radical (unpaired) electrons. The highest BCUT2D eigenvalue weighted by Gasteiger charge is 2.26. The fourth-order valence-corrected chi connectivity index (χ4v) is 1.92. The largest absolute Gasteiger partial charge is 0.337 e. The number of carbonyl (C=O) groups excluding carboxylic acids is 2. The molecule has 0 saturated heterocycles. The van der Waals surface area contributed by atoms with Gasteiger partial charge in [0, 0.05) is 18.3 Å². The summed E-state index contributed by atoms with van der Waals surface area (Å²) >= 11 is 0. The number of imide groups is 1. The lowest BCUT2D eigenvalue weighted by Crippen LogP contribution is -2.31. The first-order chi connectivity index (χ1) is 8.72. The number of benzene rings is 1. The first kappa shape index (κ1) is 12.4. The van der Waals surface area contributed by atoms with Gasteiger partial charge >= 0.3 is 0 Å². The van der Waals surface area contributed by atoms with Crippen molar-refractivity contribution in [1.82, 2.24) is 5.32 Å². The third-order valence-corrected chi connectivity index (χ3v) is 2.83. The predicted molar refractivity (Wildman–Crippen MR) is 69.9 cm³/mol. The number of nitrogens with one attached hydrogen (secondary N) is 1. The normalized spacial score (nSPS) is 14.4. The zero-order valence-electron chi connectivity index (χ0n) is 10.3. The molecule has 18 heavy (non-hydrogen) atoms. The Hall–Kier alpha value is -2.10. The summed E-state index contributed by atoms with van der Waals surface area (Å²) in [6.45, 7) is 2.82. The molecule has 0 bridgehead atoms. The first-order valence-electron chi connectivity index (χ1n) is 6.12. The van der Waals surface area contributed by atoms with E-state index in [0.717, 1.165) is 25.1 Å². The quantitative estimate of drug-likeness (QED) is 0.804. The van der Waals surface area contributed by atoms with Crippen molar-refractivity contribution in [2.75, 3.05) is 11.4 Å². The van der Waals surface area contributed by atoms with Crippen molar-refractivity contribution < 1.29 is 9.59 Å². The molecule has 0 aliphatic carbocycles. The molecule has 2 amide bonds. The van der Waals surface area contributed by atoms with Crippen LogP contribution in [0.5, 0.6) is 0 Å². The highest BCUT2D eigenvalue weighted by Crippen LogP contribution is 2.21. The Balaban J connectivity index is 2.29. The van der Waals surface area contributed by atoms with Gasteiger partial charge in [-0.1, -0.05) is 31.5 Å². The second-order valence-corrected chi connectivity index (χ2v) is 4.19. The van der Waals surface area contributed by atoms with E-state index in [2.05, 4.69) is 12.2 Å². The van der Waals surface area contributed by atoms with Crippen LogP contribution in [0.2, 0.25) is 0 Å². The fraction of sp³-hybridized carbons (Fsp3) is 0.286. The van der Waals surface area contributed by atoms with E-state index in [9.17, 15) is 9.59 Å². The molecule has 4 heteroatoms. The lowest BCUT2D eigenvalue weighted by atomic mass is 10.2. The summed E-state index contributed by atoms with van der Waals surface area (Å²) in [5, 5.41) is 2.28. The minimum atomic E-state index is -0.340. The second kappa shape index (κ2) is 5.49. The summed E-state index contributed by atoms with van der Waals surface area (Å²) in [5.74, 6) is -0.660. The molecule has 0 unspecified atom stereocenters. The van der Waals surface area contributed by atoms with Crippen LogP contribution in [0.25, 0.3) is 0 Å². The summed E-state index contributed by atoms with van der Waals surface area (Å²) in [4.78, 5) is 24.9. The average molecular weight is 244 g/mol. The lowest BCUT2D eigenvalue weighted by Gasteiger charge is -2.24. The van der Waals surface area contributed by atoms with Crippen molar-refractivity contribution in [2.45, 2.75) is 19.8 Å². The van der Waals surface area contributed by atoms with E-state index in [4.69, 9.17) is 0 Å². The van der Waals surface area contributed by atoms with Crippen molar-refractivity contribution in [3.05, 3.63) is 42.1 Å². The molecule has 1 aromatic carbocycles. The summed E-state index contributed by atoms with van der Waals surface area (Å²) in [6.07, 6.45) is 3.37. The maximum Gasteiger partial charge on any atom is 0.274 e. The Kier molecular flexibility index (Phi) is 3.77. The van der Waals surface area contributed by atoms with Crippen LogP contribution in [0.3, 0.4) is 0 Å². The van der Waals surface area contributed by atoms with E-state index in [1.807, 2.05) is 35.2 Å². The van der Waals surface area contributed by atoms with Crippen LogP contribution in [-0.2, 0) is 9.59 Å². The molecular formula is C14H16N2O2.